The molecule has 1 aliphatic heterocycles. The largest absolute Gasteiger partial charge is 0.459 e. The summed E-state index contributed by atoms with van der Waals surface area (Å²) in [5.74, 6) is -0.945. The fourth-order valence-corrected chi connectivity index (χ4v) is 3.09. The van der Waals surface area contributed by atoms with E-state index in [2.05, 4.69) is 0 Å². The Hall–Kier alpha value is -1.40. The zero-order valence-electron chi connectivity index (χ0n) is 11.8. The molecular weight excluding hydrogens is 280 g/mol. The van der Waals surface area contributed by atoms with Crippen LogP contribution in [0.4, 0.5) is 0 Å². The van der Waals surface area contributed by atoms with Crippen LogP contribution >= 0.6 is 0 Å². The van der Waals surface area contributed by atoms with Crippen molar-refractivity contribution in [1.29, 1.82) is 0 Å². The summed E-state index contributed by atoms with van der Waals surface area (Å²) in [5.41, 5.74) is 0.406. The van der Waals surface area contributed by atoms with Gasteiger partial charge in [-0.1, -0.05) is 17.7 Å². The lowest BCUT2D eigenvalue weighted by molar-refractivity contribution is -0.148. The summed E-state index contributed by atoms with van der Waals surface area (Å²) in [5, 5.41) is 0. The van der Waals surface area contributed by atoms with E-state index in [0.29, 0.717) is 6.42 Å². The molecule has 110 valence electrons. The number of ether oxygens (including phenoxy) is 1. The van der Waals surface area contributed by atoms with Crippen LogP contribution in [0.2, 0.25) is 0 Å². The van der Waals surface area contributed by atoms with Crippen molar-refractivity contribution in [3.8, 4) is 0 Å². The average Bonchev–Trinajstić information content (AvgIpc) is 2.60. The number of esters is 1. The Morgan fingerprint density at radius 1 is 1.30 bits per heavy atom. The van der Waals surface area contributed by atoms with E-state index < -0.39 is 27.6 Å². The minimum atomic E-state index is -3.83. The van der Waals surface area contributed by atoms with Crippen LogP contribution in [0, 0.1) is 12.8 Å². The predicted octanol–water partition coefficient (Wildman–Crippen LogP) is 2.04. The molecule has 1 aliphatic rings. The lowest BCUT2D eigenvalue weighted by Crippen LogP contribution is -2.19. The third kappa shape index (κ3) is 3.37. The van der Waals surface area contributed by atoms with Gasteiger partial charge in [0.2, 0.25) is 0 Å². The van der Waals surface area contributed by atoms with Crippen molar-refractivity contribution in [2.75, 3.05) is 6.61 Å². The topological polar surface area (TPSA) is 69.7 Å². The summed E-state index contributed by atoms with van der Waals surface area (Å²) in [7, 11) is -3.83. The number of hydrogen-bond donors (Lipinski definition) is 0. The van der Waals surface area contributed by atoms with Crippen molar-refractivity contribution in [2.24, 2.45) is 5.92 Å². The van der Waals surface area contributed by atoms with Gasteiger partial charge in [-0.2, -0.15) is 8.42 Å². The molecule has 1 saturated heterocycles. The maximum absolute atomic E-state index is 12.0. The molecule has 0 N–H and O–H groups in total. The molecule has 1 aromatic carbocycles. The van der Waals surface area contributed by atoms with Crippen LogP contribution in [0.15, 0.2) is 29.2 Å². The Morgan fingerprint density at radius 2 is 1.90 bits per heavy atom. The molecule has 0 radical (unpaired) electrons. The second kappa shape index (κ2) is 5.18. The minimum absolute atomic E-state index is 0.0914. The van der Waals surface area contributed by atoms with Crippen molar-refractivity contribution >= 4 is 16.1 Å². The van der Waals surface area contributed by atoms with Gasteiger partial charge in [-0.25, -0.2) is 0 Å². The molecule has 0 bridgehead atoms. The second-order valence-corrected chi connectivity index (χ2v) is 7.25. The molecule has 2 rings (SSSR count). The zero-order chi connectivity index (χ0) is 15.0. The highest BCUT2D eigenvalue weighted by molar-refractivity contribution is 7.86. The van der Waals surface area contributed by atoms with Crippen LogP contribution in [0.3, 0.4) is 0 Å². The fourth-order valence-electron chi connectivity index (χ4n) is 2.15. The molecule has 20 heavy (non-hydrogen) atoms. The Morgan fingerprint density at radius 3 is 2.40 bits per heavy atom. The number of carbonyl (C=O) groups excluding carboxylic acids is 1. The van der Waals surface area contributed by atoms with Crippen molar-refractivity contribution in [2.45, 2.75) is 37.7 Å². The Balaban J connectivity index is 2.03. The van der Waals surface area contributed by atoms with Gasteiger partial charge in [0.1, 0.15) is 5.60 Å². The molecule has 0 saturated carbocycles. The van der Waals surface area contributed by atoms with Gasteiger partial charge in [-0.3, -0.25) is 8.98 Å². The molecule has 5 nitrogen and oxygen atoms in total. The molecule has 0 aliphatic carbocycles. The van der Waals surface area contributed by atoms with Crippen LogP contribution in [0.25, 0.3) is 0 Å². The van der Waals surface area contributed by atoms with Crippen molar-refractivity contribution in [3.05, 3.63) is 29.8 Å². The third-order valence-electron chi connectivity index (χ3n) is 3.18. The zero-order valence-corrected chi connectivity index (χ0v) is 12.6. The van der Waals surface area contributed by atoms with Crippen molar-refractivity contribution < 1.29 is 22.1 Å². The first-order valence-electron chi connectivity index (χ1n) is 6.39. The second-order valence-electron chi connectivity index (χ2n) is 5.63. The fraction of sp³-hybridized carbons (Fsp3) is 0.500. The van der Waals surface area contributed by atoms with Gasteiger partial charge in [0.15, 0.2) is 0 Å². The van der Waals surface area contributed by atoms with Gasteiger partial charge in [-0.15, -0.1) is 0 Å². The first-order chi connectivity index (χ1) is 9.20. The monoisotopic (exact) mass is 298 g/mol. The van der Waals surface area contributed by atoms with Crippen LogP contribution < -0.4 is 0 Å². The Labute approximate surface area is 119 Å². The van der Waals surface area contributed by atoms with Crippen LogP contribution in [-0.4, -0.2) is 26.6 Å². The normalized spacial score (nSPS) is 21.8. The third-order valence-corrected chi connectivity index (χ3v) is 4.48. The summed E-state index contributed by atoms with van der Waals surface area (Å²) < 4.78 is 34.1. The predicted molar refractivity (Wildman–Crippen MR) is 72.6 cm³/mol. The number of rotatable bonds is 4. The van der Waals surface area contributed by atoms with E-state index in [1.165, 1.54) is 12.1 Å². The lowest BCUT2D eigenvalue weighted by Gasteiger charge is -2.14. The molecule has 0 spiro atoms. The first kappa shape index (κ1) is 15.0. The van der Waals surface area contributed by atoms with Crippen LogP contribution in [0.5, 0.6) is 0 Å². The molecule has 1 unspecified atom stereocenters. The molecule has 0 aromatic heterocycles. The molecule has 0 amide bonds. The highest BCUT2D eigenvalue weighted by Crippen LogP contribution is 2.31. The highest BCUT2D eigenvalue weighted by Gasteiger charge is 2.40. The lowest BCUT2D eigenvalue weighted by atomic mass is 9.98. The van der Waals surface area contributed by atoms with Crippen molar-refractivity contribution in [1.82, 2.24) is 0 Å². The summed E-state index contributed by atoms with van der Waals surface area (Å²) in [6.07, 6.45) is 0.454. The maximum atomic E-state index is 12.0. The van der Waals surface area contributed by atoms with Crippen molar-refractivity contribution in [3.63, 3.8) is 0 Å². The van der Waals surface area contributed by atoms with E-state index in [-0.39, 0.29) is 11.5 Å². The van der Waals surface area contributed by atoms with E-state index in [0.717, 1.165) is 5.56 Å². The van der Waals surface area contributed by atoms with E-state index in [1.807, 2.05) is 6.92 Å². The number of carbonyl (C=O) groups is 1. The van der Waals surface area contributed by atoms with Gasteiger partial charge >= 0.3 is 5.97 Å². The minimum Gasteiger partial charge on any atom is -0.459 e. The summed E-state index contributed by atoms with van der Waals surface area (Å²) in [4.78, 5) is 11.7. The molecule has 6 heteroatoms. The molecule has 1 heterocycles. The van der Waals surface area contributed by atoms with Gasteiger partial charge < -0.3 is 4.74 Å². The average molecular weight is 298 g/mol. The van der Waals surface area contributed by atoms with Gasteiger partial charge in [0.25, 0.3) is 10.1 Å². The van der Waals surface area contributed by atoms with Crippen LogP contribution in [-0.2, 0) is 23.8 Å². The van der Waals surface area contributed by atoms with Crippen LogP contribution in [0.1, 0.15) is 25.8 Å². The van der Waals surface area contributed by atoms with E-state index in [4.69, 9.17) is 8.92 Å². The number of aryl methyl sites for hydroxylation is 1. The molecule has 1 fully saturated rings. The van der Waals surface area contributed by atoms with Gasteiger partial charge in [-0.05, 0) is 32.9 Å². The molecule has 1 atom stereocenters. The number of benzene rings is 1. The number of cyclic esters (lactones) is 1. The van der Waals surface area contributed by atoms with E-state index in [1.54, 1.807) is 26.0 Å². The highest BCUT2D eigenvalue weighted by atomic mass is 32.2. The van der Waals surface area contributed by atoms with E-state index in [9.17, 15) is 13.2 Å². The number of hydrogen-bond acceptors (Lipinski definition) is 5. The standard InChI is InChI=1S/C14H18O5S/c1-10-4-6-12(7-5-10)20(16,17)18-9-11-8-14(2,3)19-13(11)15/h4-7,11H,8-9H2,1-3H3. The van der Waals surface area contributed by atoms with E-state index >= 15 is 0 Å². The Bertz CT molecular complexity index is 601. The van der Waals surface area contributed by atoms with Gasteiger partial charge in [0.05, 0.1) is 17.4 Å². The first-order valence-corrected chi connectivity index (χ1v) is 7.79. The Kier molecular flexibility index (Phi) is 3.88. The van der Waals surface area contributed by atoms with Gasteiger partial charge in [0, 0.05) is 6.42 Å². The quantitative estimate of drug-likeness (QED) is 0.628. The molecular formula is C14H18O5S. The summed E-state index contributed by atoms with van der Waals surface area (Å²) in [6.45, 7) is 5.27. The maximum Gasteiger partial charge on any atom is 0.312 e. The SMILES string of the molecule is Cc1ccc(S(=O)(=O)OCC2CC(C)(C)OC2=O)cc1. The molecule has 1 aromatic rings. The smallest absolute Gasteiger partial charge is 0.312 e. The summed E-state index contributed by atoms with van der Waals surface area (Å²) >= 11 is 0. The summed E-state index contributed by atoms with van der Waals surface area (Å²) in [6, 6.07) is 6.37.